The van der Waals surface area contributed by atoms with Crippen molar-refractivity contribution in [2.45, 2.75) is 127 Å². The summed E-state index contributed by atoms with van der Waals surface area (Å²) in [6, 6.07) is 43.2. The SMILES string of the molecule is Cc1ccc(N2c3ccc(-c4ccc5c6c7c(ccc46)C=CC(c4ccc6c(c4)C4(C)CCCCC4(C)N6c4ccc(C)cc4)C7=CC5)cc3C3(C)CCCCC23C)cc1. The van der Waals surface area contributed by atoms with Gasteiger partial charge in [0, 0.05) is 39.5 Å². The first-order chi connectivity index (χ1) is 29.0. The maximum absolute atomic E-state index is 2.71. The Hall–Kier alpha value is -5.34. The number of anilines is 4. The zero-order valence-corrected chi connectivity index (χ0v) is 36.5. The maximum atomic E-state index is 2.71. The molecule has 2 nitrogen and oxygen atoms in total. The van der Waals surface area contributed by atoms with E-state index in [1.54, 1.807) is 5.56 Å². The van der Waals surface area contributed by atoms with E-state index in [4.69, 9.17) is 0 Å². The molecule has 4 aliphatic carbocycles. The van der Waals surface area contributed by atoms with Crippen LogP contribution in [-0.2, 0) is 17.3 Å². The minimum Gasteiger partial charge on any atom is -0.334 e. The number of rotatable bonds is 4. The summed E-state index contributed by atoms with van der Waals surface area (Å²) in [4.78, 5) is 5.42. The summed E-state index contributed by atoms with van der Waals surface area (Å²) >= 11 is 0. The van der Waals surface area contributed by atoms with Gasteiger partial charge in [0.2, 0.25) is 0 Å². The number of allylic oxidation sites excluding steroid dienone is 3. The summed E-state index contributed by atoms with van der Waals surface area (Å²) in [6.45, 7) is 14.6. The average Bonchev–Trinajstić information content (AvgIpc) is 3.60. The lowest BCUT2D eigenvalue weighted by Crippen LogP contribution is -2.54. The van der Waals surface area contributed by atoms with E-state index in [2.05, 4.69) is 179 Å². The molecule has 0 saturated heterocycles. The van der Waals surface area contributed by atoms with Crippen LogP contribution in [0.1, 0.15) is 129 Å². The molecule has 2 heteroatoms. The summed E-state index contributed by atoms with van der Waals surface area (Å²) in [5, 5.41) is 2.86. The van der Waals surface area contributed by atoms with Gasteiger partial charge in [-0.15, -0.1) is 0 Å². The zero-order valence-electron chi connectivity index (χ0n) is 36.5. The van der Waals surface area contributed by atoms with E-state index in [0.29, 0.717) is 0 Å². The first-order valence-electron chi connectivity index (χ1n) is 23.0. The molecule has 6 aromatic carbocycles. The van der Waals surface area contributed by atoms with Crippen molar-refractivity contribution in [3.8, 4) is 11.1 Å². The Morgan fingerprint density at radius 1 is 0.567 bits per heavy atom. The minimum atomic E-state index is 0.0396. The van der Waals surface area contributed by atoms with Crippen LogP contribution in [0.3, 0.4) is 0 Å². The number of fused-ring (bicyclic) bond motifs is 6. The fourth-order valence-corrected chi connectivity index (χ4v) is 13.6. The van der Waals surface area contributed by atoms with Crippen LogP contribution in [0.15, 0.2) is 121 Å². The Bertz CT molecular complexity index is 2840. The Labute approximate surface area is 357 Å². The Morgan fingerprint density at radius 2 is 1.15 bits per heavy atom. The topological polar surface area (TPSA) is 6.48 Å². The van der Waals surface area contributed by atoms with E-state index in [1.807, 2.05) is 0 Å². The quantitative estimate of drug-likeness (QED) is 0.176. The molecule has 5 atom stereocenters. The first kappa shape index (κ1) is 36.5. The van der Waals surface area contributed by atoms with Crippen LogP contribution in [0.4, 0.5) is 22.7 Å². The van der Waals surface area contributed by atoms with Crippen molar-refractivity contribution in [1.29, 1.82) is 0 Å². The lowest BCUT2D eigenvalue weighted by atomic mass is 9.61. The van der Waals surface area contributed by atoms with E-state index < -0.39 is 0 Å². The Balaban J connectivity index is 0.959. The molecule has 2 fully saturated rings. The van der Waals surface area contributed by atoms with Gasteiger partial charge in [-0.2, -0.15) is 0 Å². The van der Waals surface area contributed by atoms with Crippen LogP contribution < -0.4 is 9.80 Å². The second kappa shape index (κ2) is 12.6. The molecule has 300 valence electrons. The third-order valence-electron chi connectivity index (χ3n) is 17.4. The highest BCUT2D eigenvalue weighted by Gasteiger charge is 2.59. The van der Waals surface area contributed by atoms with Crippen LogP contribution in [-0.4, -0.2) is 11.1 Å². The van der Waals surface area contributed by atoms with Crippen molar-refractivity contribution in [2.24, 2.45) is 0 Å². The molecule has 0 spiro atoms. The summed E-state index contributed by atoms with van der Waals surface area (Å²) in [5.74, 6) is 0.230. The van der Waals surface area contributed by atoms with Crippen LogP contribution in [0.5, 0.6) is 0 Å². The van der Waals surface area contributed by atoms with E-state index in [0.717, 1.165) is 6.42 Å². The van der Waals surface area contributed by atoms with Gasteiger partial charge in [-0.05, 0) is 163 Å². The maximum Gasteiger partial charge on any atom is 0.0517 e. The van der Waals surface area contributed by atoms with Crippen molar-refractivity contribution in [2.75, 3.05) is 9.80 Å². The highest BCUT2D eigenvalue weighted by Crippen LogP contribution is 2.63. The molecule has 6 aliphatic rings. The highest BCUT2D eigenvalue weighted by atomic mass is 15.3. The molecule has 0 N–H and O–H groups in total. The van der Waals surface area contributed by atoms with E-state index in [9.17, 15) is 0 Å². The summed E-state index contributed by atoms with van der Waals surface area (Å²) < 4.78 is 0. The molecule has 5 unspecified atom stereocenters. The fraction of sp³-hybridized carbons (Fsp3) is 0.345. The van der Waals surface area contributed by atoms with Crippen molar-refractivity contribution in [3.05, 3.63) is 166 Å². The molecule has 2 heterocycles. The smallest absolute Gasteiger partial charge is 0.0517 e. The van der Waals surface area contributed by atoms with Crippen LogP contribution in [0.25, 0.3) is 33.5 Å². The molecule has 2 saturated carbocycles. The lowest BCUT2D eigenvalue weighted by molar-refractivity contribution is 0.195. The molecule has 60 heavy (non-hydrogen) atoms. The zero-order chi connectivity index (χ0) is 40.8. The molecule has 0 radical (unpaired) electrons. The van der Waals surface area contributed by atoms with Crippen LogP contribution in [0.2, 0.25) is 0 Å². The minimum absolute atomic E-state index is 0.0396. The van der Waals surface area contributed by atoms with Crippen LogP contribution in [0, 0.1) is 13.8 Å². The van der Waals surface area contributed by atoms with Gasteiger partial charge in [0.25, 0.3) is 0 Å². The van der Waals surface area contributed by atoms with Crippen molar-refractivity contribution < 1.29 is 0 Å². The second-order valence-electron chi connectivity index (χ2n) is 20.4. The lowest BCUT2D eigenvalue weighted by Gasteiger charge is -2.50. The number of aryl methyl sites for hydroxylation is 2. The standard InChI is InChI=1S/C58H58N2/c1-37-11-21-43(22-12-37)59-51-29-19-41(35-49(51)55(3)31-7-9-33-57(55,59)5)45-25-15-39-18-28-48-46(26-16-40-17-27-47(45)53(39)54(40)48)42-20-30-52-50(36-42)56(4)32-8-10-34-58(56,6)60(52)44-23-13-38(2)14-24-44/h11-17,19-30,35-36,46H,7-10,18,31-34H2,1-6H3. The number of nitrogens with zero attached hydrogens (tertiary/aromatic N) is 2. The third-order valence-corrected chi connectivity index (χ3v) is 17.4. The van der Waals surface area contributed by atoms with Crippen molar-refractivity contribution in [3.63, 3.8) is 0 Å². The van der Waals surface area contributed by atoms with Gasteiger partial charge in [0.05, 0.1) is 11.1 Å². The van der Waals surface area contributed by atoms with Gasteiger partial charge in [-0.3, -0.25) is 0 Å². The average molecular weight is 783 g/mol. The van der Waals surface area contributed by atoms with Gasteiger partial charge in [-0.25, -0.2) is 0 Å². The molecule has 12 rings (SSSR count). The number of hydrogen-bond acceptors (Lipinski definition) is 2. The third kappa shape index (κ3) is 4.71. The first-order valence-corrected chi connectivity index (χ1v) is 23.0. The summed E-state index contributed by atoms with van der Waals surface area (Å²) in [7, 11) is 0. The van der Waals surface area contributed by atoms with Crippen molar-refractivity contribution >= 4 is 45.2 Å². The number of benzene rings is 6. The predicted molar refractivity (Wildman–Crippen MR) is 254 cm³/mol. The van der Waals surface area contributed by atoms with E-state index in [-0.39, 0.29) is 27.8 Å². The monoisotopic (exact) mass is 782 g/mol. The Kier molecular flexibility index (Phi) is 7.67. The molecular weight excluding hydrogens is 725 g/mol. The predicted octanol–water partition coefficient (Wildman–Crippen LogP) is 15.4. The highest BCUT2D eigenvalue weighted by molar-refractivity contribution is 6.09. The fourth-order valence-electron chi connectivity index (χ4n) is 13.6. The van der Waals surface area contributed by atoms with Crippen molar-refractivity contribution in [1.82, 2.24) is 0 Å². The summed E-state index contributed by atoms with van der Waals surface area (Å²) in [5.41, 5.74) is 21.3. The molecule has 2 aliphatic heterocycles. The Morgan fingerprint density at radius 3 is 1.78 bits per heavy atom. The van der Waals surface area contributed by atoms with Crippen LogP contribution >= 0.6 is 0 Å². The second-order valence-corrected chi connectivity index (χ2v) is 20.4. The van der Waals surface area contributed by atoms with Gasteiger partial charge < -0.3 is 9.80 Å². The van der Waals surface area contributed by atoms with Gasteiger partial charge >= 0.3 is 0 Å². The van der Waals surface area contributed by atoms with Gasteiger partial charge in [0.1, 0.15) is 0 Å². The van der Waals surface area contributed by atoms with E-state index in [1.165, 1.54) is 141 Å². The molecular formula is C58H58N2. The largest absolute Gasteiger partial charge is 0.334 e. The summed E-state index contributed by atoms with van der Waals surface area (Å²) in [6.07, 6.45) is 18.5. The van der Waals surface area contributed by atoms with Gasteiger partial charge in [-0.1, -0.05) is 136 Å². The molecule has 6 aromatic rings. The number of hydrogen-bond donors (Lipinski definition) is 0. The molecule has 0 amide bonds. The van der Waals surface area contributed by atoms with E-state index >= 15 is 0 Å². The molecule has 0 aromatic heterocycles. The van der Waals surface area contributed by atoms with Gasteiger partial charge in [0.15, 0.2) is 0 Å². The molecule has 0 bridgehead atoms. The normalized spacial score (nSPS) is 28.3.